The number of amides is 1. The standard InChI is InChI=1S/C6H13N3O/c1-5(2)6(7)9(3)8-4-10/h4H,7H2,1-3H3,(H,8,10). The number of hydrogen-bond donors (Lipinski definition) is 2. The molecule has 3 N–H and O–H groups in total. The van der Waals surface area contributed by atoms with Crippen LogP contribution in [-0.2, 0) is 4.79 Å². The van der Waals surface area contributed by atoms with Gasteiger partial charge in [-0.1, -0.05) is 0 Å². The lowest BCUT2D eigenvalue weighted by Crippen LogP contribution is -2.36. The fourth-order valence-electron chi connectivity index (χ4n) is 0.484. The van der Waals surface area contributed by atoms with Crippen LogP contribution in [0, 0.1) is 0 Å². The van der Waals surface area contributed by atoms with Crippen LogP contribution in [0.3, 0.4) is 0 Å². The van der Waals surface area contributed by atoms with Crippen LogP contribution in [0.1, 0.15) is 13.8 Å². The van der Waals surface area contributed by atoms with Crippen LogP contribution in [0.2, 0.25) is 0 Å². The average molecular weight is 143 g/mol. The topological polar surface area (TPSA) is 58.4 Å². The third-order valence-corrected chi connectivity index (χ3v) is 1.12. The van der Waals surface area contributed by atoms with Gasteiger partial charge in [0.05, 0.1) is 0 Å². The number of nitrogens with two attached hydrogens (primary N) is 1. The number of nitrogens with zero attached hydrogens (tertiary/aromatic N) is 1. The summed E-state index contributed by atoms with van der Waals surface area (Å²) in [6.07, 6.45) is 0.579. The van der Waals surface area contributed by atoms with Crippen molar-refractivity contribution in [2.75, 3.05) is 7.05 Å². The summed E-state index contributed by atoms with van der Waals surface area (Å²) in [4.78, 5) is 9.91. The lowest BCUT2D eigenvalue weighted by molar-refractivity contribution is -0.112. The van der Waals surface area contributed by atoms with E-state index < -0.39 is 0 Å². The Hall–Kier alpha value is -1.19. The van der Waals surface area contributed by atoms with Gasteiger partial charge < -0.3 is 5.73 Å². The van der Waals surface area contributed by atoms with Crippen LogP contribution < -0.4 is 11.2 Å². The van der Waals surface area contributed by atoms with E-state index in [0.29, 0.717) is 12.2 Å². The molecule has 0 radical (unpaired) electrons. The highest BCUT2D eigenvalue weighted by Crippen LogP contribution is 1.96. The second kappa shape index (κ2) is 3.76. The number of carbonyl (C=O) groups excluding carboxylic acids is 1. The van der Waals surface area contributed by atoms with Gasteiger partial charge in [-0.25, -0.2) is 0 Å². The number of hydrazine groups is 1. The van der Waals surface area contributed by atoms with Crippen molar-refractivity contribution in [1.29, 1.82) is 0 Å². The highest BCUT2D eigenvalue weighted by Gasteiger charge is 1.97. The van der Waals surface area contributed by atoms with Gasteiger partial charge >= 0.3 is 0 Å². The zero-order valence-corrected chi connectivity index (χ0v) is 6.51. The zero-order valence-electron chi connectivity index (χ0n) is 6.51. The van der Waals surface area contributed by atoms with Crippen LogP contribution in [0.4, 0.5) is 0 Å². The van der Waals surface area contributed by atoms with E-state index in [4.69, 9.17) is 5.73 Å². The van der Waals surface area contributed by atoms with Crippen molar-refractivity contribution in [3.63, 3.8) is 0 Å². The Balaban J connectivity index is 4.06. The summed E-state index contributed by atoms with van der Waals surface area (Å²) in [5, 5.41) is 1.46. The van der Waals surface area contributed by atoms with Crippen molar-refractivity contribution in [3.05, 3.63) is 11.4 Å². The van der Waals surface area contributed by atoms with Gasteiger partial charge in [-0.2, -0.15) is 0 Å². The molecule has 4 nitrogen and oxygen atoms in total. The molecule has 0 rings (SSSR count). The molecule has 1 amide bonds. The molecular weight excluding hydrogens is 130 g/mol. The normalized spacial score (nSPS) is 8.30. The Morgan fingerprint density at radius 2 is 2.10 bits per heavy atom. The van der Waals surface area contributed by atoms with Crippen LogP contribution in [0.5, 0.6) is 0 Å². The molecule has 0 saturated heterocycles. The van der Waals surface area contributed by atoms with Gasteiger partial charge in [0.2, 0.25) is 6.41 Å². The number of nitrogens with one attached hydrogen (secondary N) is 1. The van der Waals surface area contributed by atoms with Crippen molar-refractivity contribution in [1.82, 2.24) is 10.4 Å². The Morgan fingerprint density at radius 3 is 2.40 bits per heavy atom. The summed E-state index contributed by atoms with van der Waals surface area (Å²) in [6.45, 7) is 3.75. The van der Waals surface area contributed by atoms with Crippen molar-refractivity contribution >= 4 is 6.41 Å². The molecule has 0 aliphatic heterocycles. The lowest BCUT2D eigenvalue weighted by Gasteiger charge is -2.18. The Morgan fingerprint density at radius 1 is 1.60 bits per heavy atom. The summed E-state index contributed by atoms with van der Waals surface area (Å²) in [5.41, 5.74) is 8.90. The fourth-order valence-corrected chi connectivity index (χ4v) is 0.484. The Labute approximate surface area is 60.7 Å². The highest BCUT2D eigenvalue weighted by molar-refractivity contribution is 5.45. The molecule has 0 saturated carbocycles. The SMILES string of the molecule is CC(C)=C(N)N(C)NC=O. The zero-order chi connectivity index (χ0) is 8.15. The summed E-state index contributed by atoms with van der Waals surface area (Å²) in [6, 6.07) is 0. The van der Waals surface area contributed by atoms with E-state index >= 15 is 0 Å². The van der Waals surface area contributed by atoms with Gasteiger partial charge in [0.1, 0.15) is 5.82 Å². The molecule has 10 heavy (non-hydrogen) atoms. The monoisotopic (exact) mass is 143 g/mol. The third kappa shape index (κ3) is 2.39. The Bertz CT molecular complexity index is 149. The largest absolute Gasteiger partial charge is 0.384 e. The van der Waals surface area contributed by atoms with E-state index in [1.807, 2.05) is 13.8 Å². The molecule has 0 bridgehead atoms. The minimum absolute atomic E-state index is 0.562. The molecule has 0 aliphatic rings. The summed E-state index contributed by atoms with van der Waals surface area (Å²) in [7, 11) is 1.68. The first-order valence-corrected chi connectivity index (χ1v) is 2.96. The van der Waals surface area contributed by atoms with Crippen molar-refractivity contribution in [2.45, 2.75) is 13.8 Å². The van der Waals surface area contributed by atoms with Gasteiger partial charge in [-0.05, 0) is 19.4 Å². The molecule has 0 heterocycles. The molecule has 4 heteroatoms. The van der Waals surface area contributed by atoms with Gasteiger partial charge in [0.15, 0.2) is 0 Å². The van der Waals surface area contributed by atoms with Gasteiger partial charge in [0.25, 0.3) is 0 Å². The number of carbonyl (C=O) groups is 1. The molecule has 0 unspecified atom stereocenters. The summed E-state index contributed by atoms with van der Waals surface area (Å²) >= 11 is 0. The molecule has 0 fully saturated rings. The van der Waals surface area contributed by atoms with Crippen LogP contribution >= 0.6 is 0 Å². The maximum atomic E-state index is 9.91. The molecule has 0 aromatic heterocycles. The van der Waals surface area contributed by atoms with Crippen molar-refractivity contribution < 1.29 is 4.79 Å². The molecule has 0 aromatic carbocycles. The minimum Gasteiger partial charge on any atom is -0.384 e. The van der Waals surface area contributed by atoms with Crippen LogP contribution in [0.15, 0.2) is 11.4 Å². The van der Waals surface area contributed by atoms with Gasteiger partial charge in [-0.15, -0.1) is 0 Å². The van der Waals surface area contributed by atoms with E-state index in [-0.39, 0.29) is 0 Å². The summed E-state index contributed by atoms with van der Waals surface area (Å²) < 4.78 is 0. The molecule has 0 atom stereocenters. The van der Waals surface area contributed by atoms with E-state index in [1.54, 1.807) is 7.05 Å². The number of allylic oxidation sites excluding steroid dienone is 1. The highest BCUT2D eigenvalue weighted by atomic mass is 16.1. The quantitative estimate of drug-likeness (QED) is 0.424. The van der Waals surface area contributed by atoms with Crippen LogP contribution in [0.25, 0.3) is 0 Å². The van der Waals surface area contributed by atoms with Crippen molar-refractivity contribution in [3.8, 4) is 0 Å². The maximum Gasteiger partial charge on any atom is 0.225 e. The first kappa shape index (κ1) is 8.81. The molecule has 58 valence electrons. The van der Waals surface area contributed by atoms with E-state index in [0.717, 1.165) is 5.57 Å². The number of rotatable bonds is 3. The summed E-state index contributed by atoms with van der Waals surface area (Å²) in [5.74, 6) is 0.562. The van der Waals surface area contributed by atoms with Crippen LogP contribution in [-0.4, -0.2) is 18.5 Å². The maximum absolute atomic E-state index is 9.91. The second-order valence-corrected chi connectivity index (χ2v) is 2.19. The van der Waals surface area contributed by atoms with Gasteiger partial charge in [-0.3, -0.25) is 15.2 Å². The Kier molecular flexibility index (Phi) is 3.32. The second-order valence-electron chi connectivity index (χ2n) is 2.19. The molecular formula is C6H13N3O. The predicted octanol–water partition coefficient (Wildman–Crippen LogP) is -0.211. The molecule has 0 aliphatic carbocycles. The van der Waals surface area contributed by atoms with E-state index in [2.05, 4.69) is 5.43 Å². The molecule has 0 aromatic rings. The first-order chi connectivity index (χ1) is 4.59. The van der Waals surface area contributed by atoms with Gasteiger partial charge in [0, 0.05) is 7.05 Å². The predicted molar refractivity (Wildman–Crippen MR) is 39.5 cm³/mol. The minimum atomic E-state index is 0.562. The van der Waals surface area contributed by atoms with E-state index in [1.165, 1.54) is 5.01 Å². The number of hydrogen-bond acceptors (Lipinski definition) is 3. The molecule has 0 spiro atoms. The van der Waals surface area contributed by atoms with E-state index in [9.17, 15) is 4.79 Å². The lowest BCUT2D eigenvalue weighted by atomic mass is 10.3. The smallest absolute Gasteiger partial charge is 0.225 e. The first-order valence-electron chi connectivity index (χ1n) is 2.96. The average Bonchev–Trinajstić information content (AvgIpc) is 1.87. The van der Waals surface area contributed by atoms with Crippen molar-refractivity contribution in [2.24, 2.45) is 5.73 Å². The third-order valence-electron chi connectivity index (χ3n) is 1.12. The fraction of sp³-hybridized carbons (Fsp3) is 0.500.